The van der Waals surface area contributed by atoms with Crippen molar-refractivity contribution in [2.45, 2.75) is 44.1 Å². The molecule has 2 heterocycles. The highest BCUT2D eigenvalue weighted by molar-refractivity contribution is 5.81. The van der Waals surface area contributed by atoms with Crippen molar-refractivity contribution in [1.82, 2.24) is 9.97 Å². The van der Waals surface area contributed by atoms with Gasteiger partial charge >= 0.3 is 5.97 Å². The third kappa shape index (κ3) is 7.99. The van der Waals surface area contributed by atoms with Crippen LogP contribution in [-0.4, -0.2) is 50.3 Å². The molecule has 41 heavy (non-hydrogen) atoms. The van der Waals surface area contributed by atoms with Crippen LogP contribution in [0.2, 0.25) is 0 Å². The lowest BCUT2D eigenvalue weighted by atomic mass is 10.00. The maximum Gasteiger partial charge on any atom is 0.329 e. The fourth-order valence-corrected chi connectivity index (χ4v) is 4.36. The number of aromatic nitrogens is 2. The summed E-state index contributed by atoms with van der Waals surface area (Å²) < 4.78 is 5.76. The standard InChI is InChI=1S/C30H32N6O5/c1-20(29(37)26(18-21-10-6-8-16-32-21)34-24-13-3-2-12-23(24)31)41-30(38)27(19-22-11-7-9-17-33-22)35-25-14-4-5-15-28(25)36(39)40/h2-17,20,26-27,29,34-35,37H,18-19,31H2,1H3. The number of aliphatic hydroxyl groups excluding tert-OH is 1. The van der Waals surface area contributed by atoms with Gasteiger partial charge in [0.2, 0.25) is 0 Å². The lowest BCUT2D eigenvalue weighted by molar-refractivity contribution is -0.384. The number of pyridine rings is 2. The Morgan fingerprint density at radius 3 is 2.10 bits per heavy atom. The molecular weight excluding hydrogens is 524 g/mol. The molecule has 0 spiro atoms. The molecule has 0 amide bonds. The predicted octanol–water partition coefficient (Wildman–Crippen LogP) is 4.01. The zero-order valence-electron chi connectivity index (χ0n) is 22.5. The average molecular weight is 557 g/mol. The Hall–Kier alpha value is -5.03. The maximum atomic E-state index is 13.5. The van der Waals surface area contributed by atoms with E-state index in [2.05, 4.69) is 20.6 Å². The van der Waals surface area contributed by atoms with Crippen LogP contribution in [0.15, 0.2) is 97.3 Å². The number of hydrogen-bond acceptors (Lipinski definition) is 10. The average Bonchev–Trinajstić information content (AvgIpc) is 2.98. The maximum absolute atomic E-state index is 13.5. The Balaban J connectivity index is 1.55. The summed E-state index contributed by atoms with van der Waals surface area (Å²) in [7, 11) is 0. The molecule has 5 N–H and O–H groups in total. The molecule has 0 fully saturated rings. The highest BCUT2D eigenvalue weighted by atomic mass is 16.6. The molecule has 4 atom stereocenters. The van der Waals surface area contributed by atoms with Crippen molar-refractivity contribution in [3.05, 3.63) is 119 Å². The molecule has 4 rings (SSSR count). The Bertz CT molecular complexity index is 1440. The summed E-state index contributed by atoms with van der Waals surface area (Å²) in [6.07, 6.45) is 1.55. The third-order valence-electron chi connectivity index (χ3n) is 6.51. The van der Waals surface area contributed by atoms with Gasteiger partial charge in [-0.25, -0.2) is 4.79 Å². The van der Waals surface area contributed by atoms with Crippen LogP contribution in [0.5, 0.6) is 0 Å². The van der Waals surface area contributed by atoms with Crippen molar-refractivity contribution >= 4 is 28.7 Å². The van der Waals surface area contributed by atoms with E-state index in [0.717, 1.165) is 5.69 Å². The number of nitro groups is 1. The number of nitrogens with zero attached hydrogens (tertiary/aromatic N) is 3. The monoisotopic (exact) mass is 556 g/mol. The number of nitrogens with two attached hydrogens (primary N) is 1. The Morgan fingerprint density at radius 1 is 0.902 bits per heavy atom. The van der Waals surface area contributed by atoms with Gasteiger partial charge in [0.05, 0.1) is 22.3 Å². The van der Waals surface area contributed by atoms with E-state index in [4.69, 9.17) is 10.5 Å². The number of anilines is 3. The van der Waals surface area contributed by atoms with Crippen molar-refractivity contribution < 1.29 is 19.6 Å². The summed E-state index contributed by atoms with van der Waals surface area (Å²) in [6.45, 7) is 1.59. The topological polar surface area (TPSA) is 166 Å². The number of aliphatic hydroxyl groups is 1. The van der Waals surface area contributed by atoms with E-state index in [1.807, 2.05) is 18.2 Å². The van der Waals surface area contributed by atoms with Crippen molar-refractivity contribution in [1.29, 1.82) is 0 Å². The third-order valence-corrected chi connectivity index (χ3v) is 6.51. The molecule has 0 saturated heterocycles. The zero-order chi connectivity index (χ0) is 29.2. The second-order valence-corrected chi connectivity index (χ2v) is 9.49. The zero-order valence-corrected chi connectivity index (χ0v) is 22.5. The van der Waals surface area contributed by atoms with Gasteiger partial charge in [0.25, 0.3) is 5.69 Å². The minimum absolute atomic E-state index is 0.102. The van der Waals surface area contributed by atoms with Gasteiger partial charge in [-0.3, -0.25) is 20.1 Å². The fraction of sp³-hybridized carbons (Fsp3) is 0.233. The van der Waals surface area contributed by atoms with Gasteiger partial charge in [0, 0.05) is 42.7 Å². The van der Waals surface area contributed by atoms with Gasteiger partial charge in [-0.1, -0.05) is 36.4 Å². The summed E-state index contributed by atoms with van der Waals surface area (Å²) >= 11 is 0. The molecule has 2 aromatic carbocycles. The number of hydrogen-bond donors (Lipinski definition) is 4. The van der Waals surface area contributed by atoms with Gasteiger partial charge in [-0.2, -0.15) is 0 Å². The number of esters is 1. The number of para-hydroxylation sites is 4. The molecule has 4 aromatic rings. The largest absolute Gasteiger partial charge is 0.458 e. The normalized spacial score (nSPS) is 13.8. The number of carbonyl (C=O) groups excluding carboxylic acids is 1. The molecule has 11 nitrogen and oxygen atoms in total. The number of rotatable bonds is 13. The highest BCUT2D eigenvalue weighted by Crippen LogP contribution is 2.26. The minimum atomic E-state index is -1.16. The number of nitro benzene ring substituents is 1. The minimum Gasteiger partial charge on any atom is -0.458 e. The number of nitrogen functional groups attached to an aromatic ring is 1. The van der Waals surface area contributed by atoms with Crippen LogP contribution < -0.4 is 16.4 Å². The molecular formula is C30H32N6O5. The van der Waals surface area contributed by atoms with E-state index in [1.54, 1.807) is 73.9 Å². The highest BCUT2D eigenvalue weighted by Gasteiger charge is 2.32. The van der Waals surface area contributed by atoms with Crippen LogP contribution in [0.1, 0.15) is 18.3 Å². The first kappa shape index (κ1) is 29.0. The van der Waals surface area contributed by atoms with Crippen LogP contribution in [0.25, 0.3) is 0 Å². The summed E-state index contributed by atoms with van der Waals surface area (Å²) in [5, 5.41) is 29.2. The Labute approximate surface area is 237 Å². The molecule has 0 aliphatic rings. The van der Waals surface area contributed by atoms with E-state index in [1.165, 1.54) is 12.1 Å². The lowest BCUT2D eigenvalue weighted by Gasteiger charge is -2.30. The molecule has 4 unspecified atom stereocenters. The van der Waals surface area contributed by atoms with Gasteiger partial charge in [-0.15, -0.1) is 0 Å². The molecule has 0 radical (unpaired) electrons. The van der Waals surface area contributed by atoms with Crippen molar-refractivity contribution in [2.24, 2.45) is 0 Å². The van der Waals surface area contributed by atoms with Crippen molar-refractivity contribution in [3.63, 3.8) is 0 Å². The van der Waals surface area contributed by atoms with Crippen LogP contribution >= 0.6 is 0 Å². The quantitative estimate of drug-likeness (QED) is 0.0818. The second kappa shape index (κ2) is 13.9. The first-order valence-electron chi connectivity index (χ1n) is 13.1. The molecule has 11 heteroatoms. The van der Waals surface area contributed by atoms with Gasteiger partial charge in [-0.05, 0) is 49.4 Å². The van der Waals surface area contributed by atoms with Crippen LogP contribution in [-0.2, 0) is 22.4 Å². The van der Waals surface area contributed by atoms with E-state index in [0.29, 0.717) is 23.5 Å². The lowest BCUT2D eigenvalue weighted by Crippen LogP contribution is -2.46. The summed E-state index contributed by atoms with van der Waals surface area (Å²) in [4.78, 5) is 33.2. The second-order valence-electron chi connectivity index (χ2n) is 9.49. The van der Waals surface area contributed by atoms with E-state index in [-0.39, 0.29) is 17.8 Å². The number of carbonyl (C=O) groups is 1. The molecule has 0 aliphatic heterocycles. The van der Waals surface area contributed by atoms with Crippen LogP contribution in [0.4, 0.5) is 22.7 Å². The SMILES string of the molecule is CC(OC(=O)C(Cc1ccccn1)Nc1ccccc1[N+](=O)[O-])C(O)C(Cc1ccccn1)Nc1ccccc1N. The smallest absolute Gasteiger partial charge is 0.329 e. The number of benzene rings is 2. The first-order chi connectivity index (χ1) is 19.8. The molecule has 0 aliphatic carbocycles. The molecule has 0 saturated carbocycles. The van der Waals surface area contributed by atoms with Gasteiger partial charge < -0.3 is 26.2 Å². The Kier molecular flexibility index (Phi) is 9.79. The van der Waals surface area contributed by atoms with Crippen LogP contribution in [0.3, 0.4) is 0 Å². The van der Waals surface area contributed by atoms with E-state index in [9.17, 15) is 20.0 Å². The fourth-order valence-electron chi connectivity index (χ4n) is 4.36. The summed E-state index contributed by atoms with van der Waals surface area (Å²) in [6, 6.07) is 22.3. The van der Waals surface area contributed by atoms with E-state index < -0.39 is 35.2 Å². The van der Waals surface area contributed by atoms with Crippen molar-refractivity contribution in [2.75, 3.05) is 16.4 Å². The summed E-state index contributed by atoms with van der Waals surface area (Å²) in [5.74, 6) is -0.698. The van der Waals surface area contributed by atoms with Crippen molar-refractivity contribution in [3.8, 4) is 0 Å². The molecule has 2 aromatic heterocycles. The van der Waals surface area contributed by atoms with Gasteiger partial charge in [0.15, 0.2) is 0 Å². The first-order valence-corrected chi connectivity index (χ1v) is 13.1. The molecule has 0 bridgehead atoms. The predicted molar refractivity (Wildman–Crippen MR) is 156 cm³/mol. The summed E-state index contributed by atoms with van der Waals surface area (Å²) in [5.41, 5.74) is 8.55. The van der Waals surface area contributed by atoms with Gasteiger partial charge in [0.1, 0.15) is 23.9 Å². The van der Waals surface area contributed by atoms with Crippen LogP contribution in [0, 0.1) is 10.1 Å². The number of nitrogens with one attached hydrogen (secondary N) is 2. The Morgan fingerprint density at radius 2 is 1.49 bits per heavy atom. The number of ether oxygens (including phenoxy) is 1. The molecule has 212 valence electrons. The van der Waals surface area contributed by atoms with E-state index >= 15 is 0 Å².